The first-order valence-corrected chi connectivity index (χ1v) is 11.9. The Morgan fingerprint density at radius 1 is 1.31 bits per heavy atom. The quantitative estimate of drug-likeness (QED) is 0.373. The molecule has 1 aliphatic heterocycles. The molecule has 1 amide bonds. The zero-order chi connectivity index (χ0) is 26.0. The Hall–Kier alpha value is -3.51. The van der Waals surface area contributed by atoms with Gasteiger partial charge in [0, 0.05) is 36.8 Å². The van der Waals surface area contributed by atoms with E-state index in [1.165, 1.54) is 47.8 Å². The number of nitrogens with zero attached hydrogens (tertiary/aromatic N) is 4. The lowest BCUT2D eigenvalue weighted by Gasteiger charge is -2.32. The summed E-state index contributed by atoms with van der Waals surface area (Å²) in [5.74, 6) is -1.46. The van der Waals surface area contributed by atoms with Gasteiger partial charge in [-0.2, -0.15) is 13.2 Å². The summed E-state index contributed by atoms with van der Waals surface area (Å²) in [5.41, 5.74) is 11.0. The van der Waals surface area contributed by atoms with Crippen LogP contribution in [-0.4, -0.2) is 46.7 Å². The van der Waals surface area contributed by atoms with Crippen LogP contribution in [0.25, 0.3) is 16.3 Å². The minimum atomic E-state index is -4.67. The Balaban J connectivity index is 1.68. The van der Waals surface area contributed by atoms with Crippen molar-refractivity contribution < 1.29 is 22.4 Å². The SMILES string of the molecule is CNN(/C=C(\N)c1sc(-c2ccncc2)nc1C)C1CCc2c(F)cccc2N(CC(F)(F)F)C1=O. The van der Waals surface area contributed by atoms with E-state index in [-0.39, 0.29) is 29.8 Å². The summed E-state index contributed by atoms with van der Waals surface area (Å²) in [6.45, 7) is 0.265. The van der Waals surface area contributed by atoms with Gasteiger partial charge in [-0.3, -0.25) is 9.78 Å². The van der Waals surface area contributed by atoms with Crippen molar-refractivity contribution in [3.8, 4) is 10.6 Å². The molecule has 36 heavy (non-hydrogen) atoms. The van der Waals surface area contributed by atoms with Gasteiger partial charge in [-0.1, -0.05) is 6.07 Å². The largest absolute Gasteiger partial charge is 0.406 e. The number of rotatable bonds is 6. The van der Waals surface area contributed by atoms with Crippen LogP contribution in [0.5, 0.6) is 0 Å². The predicted molar refractivity (Wildman–Crippen MR) is 130 cm³/mol. The molecule has 7 nitrogen and oxygen atoms in total. The van der Waals surface area contributed by atoms with Crippen molar-refractivity contribution >= 4 is 28.6 Å². The fourth-order valence-corrected chi connectivity index (χ4v) is 5.15. The van der Waals surface area contributed by atoms with Crippen molar-refractivity contribution in [3.63, 3.8) is 0 Å². The molecule has 3 aromatic rings. The van der Waals surface area contributed by atoms with Crippen molar-refractivity contribution in [2.24, 2.45) is 5.73 Å². The average Bonchev–Trinajstić information content (AvgIpc) is 3.18. The summed E-state index contributed by atoms with van der Waals surface area (Å²) in [7, 11) is 1.53. The van der Waals surface area contributed by atoms with Crippen LogP contribution in [0.15, 0.2) is 48.9 Å². The number of carbonyl (C=O) groups is 1. The van der Waals surface area contributed by atoms with Crippen molar-refractivity contribution in [1.82, 2.24) is 20.4 Å². The highest BCUT2D eigenvalue weighted by molar-refractivity contribution is 7.16. The number of aromatic nitrogens is 2. The van der Waals surface area contributed by atoms with E-state index in [2.05, 4.69) is 15.4 Å². The Labute approximate surface area is 209 Å². The molecular weight excluding hydrogens is 496 g/mol. The maximum Gasteiger partial charge on any atom is 0.406 e. The number of anilines is 1. The first-order valence-electron chi connectivity index (χ1n) is 11.1. The van der Waals surface area contributed by atoms with Crippen LogP contribution in [0.2, 0.25) is 0 Å². The molecule has 0 fully saturated rings. The summed E-state index contributed by atoms with van der Waals surface area (Å²) < 4.78 is 54.8. The van der Waals surface area contributed by atoms with Gasteiger partial charge in [0.2, 0.25) is 0 Å². The third-order valence-electron chi connectivity index (χ3n) is 5.80. The van der Waals surface area contributed by atoms with Gasteiger partial charge in [0.15, 0.2) is 0 Å². The second kappa shape index (κ2) is 10.2. The van der Waals surface area contributed by atoms with E-state index in [4.69, 9.17) is 5.73 Å². The number of alkyl halides is 3. The number of nitrogens with two attached hydrogens (primary N) is 1. The van der Waals surface area contributed by atoms with Crippen LogP contribution < -0.4 is 16.1 Å². The molecule has 3 N–H and O–H groups in total. The maximum absolute atomic E-state index is 14.5. The Kier molecular flexibility index (Phi) is 7.27. The smallest absolute Gasteiger partial charge is 0.396 e. The van der Waals surface area contributed by atoms with Gasteiger partial charge in [0.05, 0.1) is 22.0 Å². The van der Waals surface area contributed by atoms with Gasteiger partial charge in [0.1, 0.15) is 23.4 Å². The summed E-state index contributed by atoms with van der Waals surface area (Å²) in [4.78, 5) is 23.2. The number of thiazole rings is 1. The van der Waals surface area contributed by atoms with Crippen LogP contribution in [0.4, 0.5) is 23.2 Å². The molecule has 0 aliphatic carbocycles. The van der Waals surface area contributed by atoms with E-state index in [9.17, 15) is 22.4 Å². The second-order valence-electron chi connectivity index (χ2n) is 8.22. The lowest BCUT2D eigenvalue weighted by atomic mass is 10.0. The van der Waals surface area contributed by atoms with E-state index in [0.29, 0.717) is 15.5 Å². The number of hydrogen-bond acceptors (Lipinski definition) is 7. The van der Waals surface area contributed by atoms with Gasteiger partial charge < -0.3 is 15.6 Å². The van der Waals surface area contributed by atoms with Crippen LogP contribution in [-0.2, 0) is 11.2 Å². The Bertz CT molecular complexity index is 1280. The molecule has 12 heteroatoms. The van der Waals surface area contributed by atoms with E-state index < -0.39 is 30.5 Å². The molecular formula is C24H24F4N6OS. The molecule has 2 aromatic heterocycles. The first kappa shape index (κ1) is 25.6. The Morgan fingerprint density at radius 2 is 2.03 bits per heavy atom. The standard InChI is InChI=1S/C24H24F4N6OS/c1-14-21(36-22(32-14)15-8-10-31-11-9-15)18(29)12-34(30-2)20-7-6-16-17(25)4-3-5-19(16)33(23(20)35)13-24(26,27)28/h3-5,8-12,20,30H,6-7,13,29H2,1-2H3/b18-12-. The lowest BCUT2D eigenvalue weighted by molar-refractivity contribution is -0.135. The summed E-state index contributed by atoms with van der Waals surface area (Å²) >= 11 is 1.34. The Morgan fingerprint density at radius 3 is 2.69 bits per heavy atom. The molecule has 0 bridgehead atoms. The number of amides is 1. The number of hydrazine groups is 1. The molecule has 1 unspecified atom stereocenters. The fourth-order valence-electron chi connectivity index (χ4n) is 4.15. The lowest BCUT2D eigenvalue weighted by Crippen LogP contribution is -2.52. The predicted octanol–water partition coefficient (Wildman–Crippen LogP) is 4.26. The number of carbonyl (C=O) groups excluding carboxylic acids is 1. The third kappa shape index (κ3) is 5.34. The highest BCUT2D eigenvalue weighted by atomic mass is 32.1. The zero-order valence-corrected chi connectivity index (χ0v) is 20.3. The second-order valence-corrected chi connectivity index (χ2v) is 9.22. The number of fused-ring (bicyclic) bond motifs is 1. The number of hydrogen-bond donors (Lipinski definition) is 2. The fraction of sp³-hybridized carbons (Fsp3) is 0.292. The van der Waals surface area contributed by atoms with E-state index >= 15 is 0 Å². The molecule has 1 atom stereocenters. The van der Waals surface area contributed by atoms with Crippen LogP contribution in [0, 0.1) is 12.7 Å². The topological polar surface area (TPSA) is 87.4 Å². The molecule has 0 saturated carbocycles. The third-order valence-corrected chi connectivity index (χ3v) is 7.05. The summed E-state index contributed by atoms with van der Waals surface area (Å²) in [6.07, 6.45) is 0.256. The molecule has 190 valence electrons. The van der Waals surface area contributed by atoms with Crippen molar-refractivity contribution in [2.75, 3.05) is 18.5 Å². The van der Waals surface area contributed by atoms with Crippen LogP contribution in [0.3, 0.4) is 0 Å². The zero-order valence-electron chi connectivity index (χ0n) is 19.5. The van der Waals surface area contributed by atoms with Crippen LogP contribution in [0.1, 0.15) is 22.6 Å². The van der Waals surface area contributed by atoms with Gasteiger partial charge in [-0.05, 0) is 44.0 Å². The highest BCUT2D eigenvalue weighted by Gasteiger charge is 2.40. The maximum atomic E-state index is 14.5. The van der Waals surface area contributed by atoms with E-state index in [1.54, 1.807) is 19.3 Å². The number of nitrogens with one attached hydrogen (secondary N) is 1. The van der Waals surface area contributed by atoms with Crippen LogP contribution >= 0.6 is 11.3 Å². The monoisotopic (exact) mass is 520 g/mol. The van der Waals surface area contributed by atoms with Gasteiger partial charge >= 0.3 is 6.18 Å². The summed E-state index contributed by atoms with van der Waals surface area (Å²) in [6, 6.07) is 6.38. The highest BCUT2D eigenvalue weighted by Crippen LogP contribution is 2.34. The molecule has 0 saturated heterocycles. The molecule has 0 radical (unpaired) electrons. The van der Waals surface area contributed by atoms with Gasteiger partial charge in [0.25, 0.3) is 5.91 Å². The number of halogens is 4. The number of pyridine rings is 1. The molecule has 0 spiro atoms. The van der Waals surface area contributed by atoms with Crippen molar-refractivity contribution in [1.29, 1.82) is 0 Å². The summed E-state index contributed by atoms with van der Waals surface area (Å²) in [5, 5.41) is 2.10. The van der Waals surface area contributed by atoms with E-state index in [0.717, 1.165) is 10.6 Å². The minimum absolute atomic E-state index is 0.0739. The average molecular weight is 521 g/mol. The van der Waals surface area contributed by atoms with Crippen molar-refractivity contribution in [3.05, 3.63) is 70.9 Å². The van der Waals surface area contributed by atoms with E-state index in [1.807, 2.05) is 12.1 Å². The number of aryl methyl sites for hydroxylation is 1. The molecule has 1 aliphatic rings. The molecule has 4 rings (SSSR count). The number of benzene rings is 1. The van der Waals surface area contributed by atoms with Gasteiger partial charge in [-0.25, -0.2) is 14.8 Å². The normalized spacial score (nSPS) is 16.6. The van der Waals surface area contributed by atoms with Gasteiger partial charge in [-0.15, -0.1) is 11.3 Å². The molecule has 3 heterocycles. The minimum Gasteiger partial charge on any atom is -0.396 e. The molecule has 1 aromatic carbocycles. The first-order chi connectivity index (χ1) is 17.1. The van der Waals surface area contributed by atoms with Crippen molar-refractivity contribution in [2.45, 2.75) is 32.0 Å².